The van der Waals surface area contributed by atoms with Gasteiger partial charge in [-0.25, -0.2) is 13.1 Å². The van der Waals surface area contributed by atoms with Gasteiger partial charge in [-0.15, -0.1) is 3.89 Å². The summed E-state index contributed by atoms with van der Waals surface area (Å²) in [6.45, 7) is 4.05. The minimum Gasteiger partial charge on any atom is -0.377 e. The molecule has 0 bridgehead atoms. The van der Waals surface area contributed by atoms with Crippen molar-refractivity contribution < 1.29 is 25.5 Å². The van der Waals surface area contributed by atoms with Crippen molar-refractivity contribution >= 4 is 20.2 Å². The summed E-state index contributed by atoms with van der Waals surface area (Å²) >= 11 is 0. The van der Waals surface area contributed by atoms with Crippen molar-refractivity contribution in [3.8, 4) is 0 Å². The lowest BCUT2D eigenvalue weighted by molar-refractivity contribution is 0.0799. The Morgan fingerprint density at radius 2 is 1.65 bits per heavy atom. The molecule has 0 heterocycles. The third-order valence-electron chi connectivity index (χ3n) is 2.43. The van der Waals surface area contributed by atoms with Gasteiger partial charge >= 0.3 is 10.2 Å². The highest BCUT2D eigenvalue weighted by Gasteiger charge is 2.17. The van der Waals surface area contributed by atoms with Crippen LogP contribution in [0.25, 0.3) is 0 Å². The highest BCUT2D eigenvalue weighted by atomic mass is 32.3. The highest BCUT2D eigenvalue weighted by molar-refractivity contribution is 7.89. The quantitative estimate of drug-likeness (QED) is 0.757. The van der Waals surface area contributed by atoms with Gasteiger partial charge in [0.2, 0.25) is 10.0 Å². The summed E-state index contributed by atoms with van der Waals surface area (Å²) < 4.78 is 65.2. The molecular weight excluding hydrogens is 309 g/mol. The van der Waals surface area contributed by atoms with Crippen molar-refractivity contribution in [3.05, 3.63) is 24.3 Å². The number of benzene rings is 1. The number of ether oxygens (including phenoxy) is 1. The van der Waals surface area contributed by atoms with Crippen LogP contribution in [0.2, 0.25) is 0 Å². The Morgan fingerprint density at radius 1 is 1.15 bits per heavy atom. The first-order chi connectivity index (χ1) is 9.16. The molecule has 0 fully saturated rings. The van der Waals surface area contributed by atoms with Gasteiger partial charge in [-0.05, 0) is 38.1 Å². The summed E-state index contributed by atoms with van der Waals surface area (Å²) in [5.74, 6) is 0. The molecule has 20 heavy (non-hydrogen) atoms. The van der Waals surface area contributed by atoms with Crippen LogP contribution in [0.1, 0.15) is 13.8 Å². The smallest absolute Gasteiger partial charge is 0.332 e. The molecule has 0 saturated heterocycles. The summed E-state index contributed by atoms with van der Waals surface area (Å²) in [6, 6.07) is 3.85. The minimum absolute atomic E-state index is 0.0827. The van der Waals surface area contributed by atoms with E-state index in [2.05, 4.69) is 4.72 Å². The molecule has 6 nitrogen and oxygen atoms in total. The van der Waals surface area contributed by atoms with Gasteiger partial charge in [-0.3, -0.25) is 0 Å². The predicted octanol–water partition coefficient (Wildman–Crippen LogP) is 1.05. The van der Waals surface area contributed by atoms with Gasteiger partial charge in [-0.1, -0.05) is 0 Å². The number of nitrogens with one attached hydrogen (secondary N) is 1. The van der Waals surface area contributed by atoms with Gasteiger partial charge in [0.15, 0.2) is 0 Å². The molecule has 1 atom stereocenters. The van der Waals surface area contributed by atoms with Crippen LogP contribution in [0.3, 0.4) is 0 Å². The maximum Gasteiger partial charge on any atom is 0.332 e. The molecule has 1 rings (SSSR count). The number of sulfonamides is 1. The number of rotatable bonds is 7. The summed E-state index contributed by atoms with van der Waals surface area (Å²) in [4.78, 5) is -0.729. The summed E-state index contributed by atoms with van der Waals surface area (Å²) in [7, 11) is -8.62. The Balaban J connectivity index is 2.83. The molecule has 0 aromatic heterocycles. The molecule has 1 aromatic rings. The van der Waals surface area contributed by atoms with E-state index in [1.165, 1.54) is 0 Å². The molecule has 0 amide bonds. The molecule has 0 saturated carbocycles. The van der Waals surface area contributed by atoms with E-state index in [4.69, 9.17) is 4.74 Å². The van der Waals surface area contributed by atoms with Crippen LogP contribution in [0.4, 0.5) is 3.89 Å². The first kappa shape index (κ1) is 17.0. The van der Waals surface area contributed by atoms with E-state index in [-0.39, 0.29) is 17.5 Å². The van der Waals surface area contributed by atoms with E-state index in [1.807, 2.05) is 0 Å². The van der Waals surface area contributed by atoms with Gasteiger partial charge in [0, 0.05) is 13.2 Å². The first-order valence-electron chi connectivity index (χ1n) is 5.83. The van der Waals surface area contributed by atoms with Crippen molar-refractivity contribution in [1.82, 2.24) is 4.72 Å². The number of hydrogen-bond donors (Lipinski definition) is 1. The van der Waals surface area contributed by atoms with Crippen LogP contribution < -0.4 is 4.72 Å². The van der Waals surface area contributed by atoms with Crippen LogP contribution in [0, 0.1) is 0 Å². The zero-order valence-electron chi connectivity index (χ0n) is 11.0. The Morgan fingerprint density at radius 3 is 2.10 bits per heavy atom. The first-order valence-corrected chi connectivity index (χ1v) is 8.69. The average Bonchev–Trinajstić information content (AvgIpc) is 2.36. The van der Waals surface area contributed by atoms with Crippen LogP contribution in [-0.4, -0.2) is 36.1 Å². The zero-order chi connectivity index (χ0) is 15.4. The van der Waals surface area contributed by atoms with Gasteiger partial charge in [-0.2, -0.15) is 8.42 Å². The Kier molecular flexibility index (Phi) is 5.63. The third kappa shape index (κ3) is 4.82. The molecule has 0 spiro atoms. The van der Waals surface area contributed by atoms with Gasteiger partial charge in [0.05, 0.1) is 15.9 Å². The average molecular weight is 325 g/mol. The molecular formula is C11H16FNO5S2. The van der Waals surface area contributed by atoms with Crippen molar-refractivity contribution in [2.45, 2.75) is 29.7 Å². The van der Waals surface area contributed by atoms with Gasteiger partial charge < -0.3 is 4.74 Å². The van der Waals surface area contributed by atoms with E-state index < -0.39 is 25.1 Å². The molecule has 0 aliphatic heterocycles. The normalized spacial score (nSPS) is 14.2. The second-order valence-corrected chi connectivity index (χ2v) is 7.14. The standard InChI is InChI=1S/C11H16FNO5S2/c1-3-18-9(2)8-13-20(16,17)11-6-4-10(5-7-11)19(12,14)15/h4-7,9,13H,3,8H2,1-2H3. The highest BCUT2D eigenvalue weighted by Crippen LogP contribution is 2.16. The van der Waals surface area contributed by atoms with Crippen LogP contribution in [-0.2, 0) is 25.0 Å². The van der Waals surface area contributed by atoms with Crippen LogP contribution >= 0.6 is 0 Å². The van der Waals surface area contributed by atoms with E-state index in [0.29, 0.717) is 6.61 Å². The van der Waals surface area contributed by atoms with Gasteiger partial charge in [0.25, 0.3) is 0 Å². The minimum atomic E-state index is -4.83. The molecule has 0 radical (unpaired) electrons. The summed E-state index contributed by atoms with van der Waals surface area (Å²) in [5.41, 5.74) is 0. The fourth-order valence-corrected chi connectivity index (χ4v) is 3.01. The second kappa shape index (κ2) is 6.61. The van der Waals surface area contributed by atoms with Crippen molar-refractivity contribution in [3.63, 3.8) is 0 Å². The lowest BCUT2D eigenvalue weighted by Crippen LogP contribution is -2.32. The van der Waals surface area contributed by atoms with E-state index in [9.17, 15) is 20.7 Å². The summed E-state index contributed by atoms with van der Waals surface area (Å²) in [6.07, 6.45) is -0.291. The number of halogens is 1. The van der Waals surface area contributed by atoms with E-state index in [0.717, 1.165) is 24.3 Å². The largest absolute Gasteiger partial charge is 0.377 e. The van der Waals surface area contributed by atoms with Crippen molar-refractivity contribution in [2.75, 3.05) is 13.2 Å². The van der Waals surface area contributed by atoms with Crippen LogP contribution in [0.5, 0.6) is 0 Å². The number of hydrogen-bond acceptors (Lipinski definition) is 5. The molecule has 0 aliphatic carbocycles. The topological polar surface area (TPSA) is 89.5 Å². The molecule has 114 valence electrons. The maximum atomic E-state index is 12.7. The zero-order valence-corrected chi connectivity index (χ0v) is 12.7. The Hall–Kier alpha value is -1.03. The van der Waals surface area contributed by atoms with E-state index in [1.54, 1.807) is 13.8 Å². The molecule has 9 heteroatoms. The lowest BCUT2D eigenvalue weighted by atomic mass is 10.4. The monoisotopic (exact) mass is 325 g/mol. The molecule has 1 N–H and O–H groups in total. The molecule has 0 aliphatic rings. The fourth-order valence-electron chi connectivity index (χ4n) is 1.44. The third-order valence-corrected chi connectivity index (χ3v) is 4.70. The van der Waals surface area contributed by atoms with Gasteiger partial charge in [0.1, 0.15) is 0 Å². The van der Waals surface area contributed by atoms with Crippen LogP contribution in [0.15, 0.2) is 34.1 Å². The van der Waals surface area contributed by atoms with Crippen molar-refractivity contribution in [1.29, 1.82) is 0 Å². The Labute approximate surface area is 118 Å². The van der Waals surface area contributed by atoms with Crippen molar-refractivity contribution in [2.24, 2.45) is 0 Å². The summed E-state index contributed by atoms with van der Waals surface area (Å²) in [5, 5.41) is 0. The maximum absolute atomic E-state index is 12.7. The molecule has 1 aromatic carbocycles. The SMILES string of the molecule is CCOC(C)CNS(=O)(=O)c1ccc(S(=O)(=O)F)cc1. The fraction of sp³-hybridized carbons (Fsp3) is 0.455. The Bertz CT molecular complexity index is 640. The lowest BCUT2D eigenvalue weighted by Gasteiger charge is -2.13. The second-order valence-electron chi connectivity index (χ2n) is 4.03. The molecule has 1 unspecified atom stereocenters. The van der Waals surface area contributed by atoms with E-state index >= 15 is 0 Å². The predicted molar refractivity (Wildman–Crippen MR) is 71.0 cm³/mol.